The molecule has 0 N–H and O–H groups in total. The van der Waals surface area contributed by atoms with Crippen LogP contribution in [-0.2, 0) is 11.2 Å². The highest BCUT2D eigenvalue weighted by Crippen LogP contribution is 2.41. The van der Waals surface area contributed by atoms with Crippen LogP contribution in [0.2, 0.25) is 0 Å². The Kier molecular flexibility index (Phi) is 6.95. The molecule has 7 rings (SSSR count). The number of hydrogen-bond acceptors (Lipinski definition) is 9. The number of fused-ring (bicyclic) bond motifs is 3. The number of carbonyl (C=O) groups is 1. The lowest BCUT2D eigenvalue weighted by molar-refractivity contribution is -0.142. The van der Waals surface area contributed by atoms with Crippen LogP contribution in [0.15, 0.2) is 35.0 Å². The molecule has 1 saturated carbocycles. The zero-order valence-corrected chi connectivity index (χ0v) is 23.2. The fraction of sp³-hybridized carbons (Fsp3) is 0.600. The van der Waals surface area contributed by atoms with Gasteiger partial charge in [-0.05, 0) is 77.2 Å². The van der Waals surface area contributed by atoms with Crippen molar-refractivity contribution < 1.29 is 18.9 Å². The van der Waals surface area contributed by atoms with Crippen LogP contribution >= 0.6 is 0 Å². The predicted molar refractivity (Wildman–Crippen MR) is 149 cm³/mol. The fourth-order valence-corrected chi connectivity index (χ4v) is 7.44. The highest BCUT2D eigenvalue weighted by atomic mass is 16.7. The van der Waals surface area contributed by atoms with E-state index >= 15 is 0 Å². The normalized spacial score (nSPS) is 25.7. The lowest BCUT2D eigenvalue weighted by atomic mass is 9.69. The number of hydrogen-bond donors (Lipinski definition) is 0. The van der Waals surface area contributed by atoms with Gasteiger partial charge in [0.15, 0.2) is 17.0 Å². The lowest BCUT2D eigenvalue weighted by Gasteiger charge is -2.48. The molecule has 10 heteroatoms. The maximum atomic E-state index is 14.0. The Morgan fingerprint density at radius 1 is 1.00 bits per heavy atom. The van der Waals surface area contributed by atoms with Crippen molar-refractivity contribution in [1.82, 2.24) is 25.1 Å². The summed E-state index contributed by atoms with van der Waals surface area (Å²) in [6, 6.07) is 10.1. The van der Waals surface area contributed by atoms with Crippen LogP contribution in [0.25, 0.3) is 11.2 Å². The van der Waals surface area contributed by atoms with E-state index in [9.17, 15) is 4.79 Å². The summed E-state index contributed by atoms with van der Waals surface area (Å²) >= 11 is 0. The maximum absolute atomic E-state index is 14.0. The highest BCUT2D eigenvalue weighted by Gasteiger charge is 2.43. The Morgan fingerprint density at radius 3 is 2.75 bits per heavy atom. The van der Waals surface area contributed by atoms with E-state index in [1.54, 1.807) is 0 Å². The van der Waals surface area contributed by atoms with Crippen molar-refractivity contribution in [2.24, 2.45) is 23.7 Å². The van der Waals surface area contributed by atoms with Gasteiger partial charge >= 0.3 is 0 Å². The van der Waals surface area contributed by atoms with Gasteiger partial charge in [0.1, 0.15) is 5.82 Å². The van der Waals surface area contributed by atoms with Crippen LogP contribution in [0.5, 0.6) is 11.5 Å². The van der Waals surface area contributed by atoms with Crippen LogP contribution in [0.1, 0.15) is 38.2 Å². The van der Waals surface area contributed by atoms with Crippen LogP contribution in [0, 0.1) is 23.7 Å². The van der Waals surface area contributed by atoms with Crippen molar-refractivity contribution in [3.8, 4) is 11.5 Å². The minimum Gasteiger partial charge on any atom is -0.454 e. The van der Waals surface area contributed by atoms with E-state index < -0.39 is 0 Å². The number of ether oxygens (including phenoxy) is 2. The average molecular weight is 547 g/mol. The van der Waals surface area contributed by atoms with Gasteiger partial charge in [-0.1, -0.05) is 25.8 Å². The molecule has 2 aromatic heterocycles. The zero-order valence-electron chi connectivity index (χ0n) is 23.2. The summed E-state index contributed by atoms with van der Waals surface area (Å²) in [7, 11) is 0. The van der Waals surface area contributed by atoms with E-state index in [0.717, 1.165) is 69.6 Å². The van der Waals surface area contributed by atoms with Crippen molar-refractivity contribution in [2.75, 3.05) is 57.5 Å². The number of rotatable bonds is 6. The van der Waals surface area contributed by atoms with Crippen LogP contribution < -0.4 is 14.4 Å². The molecule has 1 aromatic carbocycles. The molecule has 0 bridgehead atoms. The average Bonchev–Trinajstić information content (AvgIpc) is 3.65. The summed E-state index contributed by atoms with van der Waals surface area (Å²) < 4.78 is 15.9. The first-order chi connectivity index (χ1) is 19.6. The van der Waals surface area contributed by atoms with Gasteiger partial charge in [0.2, 0.25) is 18.3 Å². The quantitative estimate of drug-likeness (QED) is 0.459. The molecule has 4 aliphatic rings. The monoisotopic (exact) mass is 546 g/mol. The Labute approximate surface area is 234 Å². The molecule has 0 radical (unpaired) electrons. The summed E-state index contributed by atoms with van der Waals surface area (Å²) in [5.41, 5.74) is 2.46. The van der Waals surface area contributed by atoms with Crippen molar-refractivity contribution in [3.63, 3.8) is 0 Å². The topological polar surface area (TPSA) is 97.1 Å². The second-order valence-corrected chi connectivity index (χ2v) is 12.1. The number of piperidine rings is 1. The largest absolute Gasteiger partial charge is 0.454 e. The first kappa shape index (κ1) is 25.6. The van der Waals surface area contributed by atoms with Gasteiger partial charge in [0.25, 0.3) is 0 Å². The maximum Gasteiger partial charge on any atom is 0.231 e. The van der Waals surface area contributed by atoms with Gasteiger partial charge in [-0.2, -0.15) is 0 Å². The number of piperazine rings is 1. The molecule has 1 amide bonds. The number of nitrogens with zero attached hydrogens (tertiary/aromatic N) is 6. The van der Waals surface area contributed by atoms with Gasteiger partial charge in [-0.15, -0.1) is 0 Å². The molecule has 10 nitrogen and oxygen atoms in total. The number of carbonyl (C=O) groups excluding carboxylic acids is 1. The minimum atomic E-state index is 0.0963. The van der Waals surface area contributed by atoms with Gasteiger partial charge in [-0.25, -0.2) is 9.61 Å². The van der Waals surface area contributed by atoms with E-state index in [0.29, 0.717) is 41.6 Å². The molecule has 5 heterocycles. The standard InChI is InChI=1S/C30H38N6O4/c1-20(14-21-6-8-26-27(15-21)39-19-38-26)16-34-17-22-4-2-3-5-23(22)24(18-34)30(37)36-12-10-35(11-13-36)28-9-7-25-29(31-28)33-40-32-25/h6-9,15,20,22-24H,2-5,10-14,16-19H2,1H3/t20-,22+,23-,24+/m0/s1. The highest BCUT2D eigenvalue weighted by molar-refractivity contribution is 5.80. The Bertz CT molecular complexity index is 1350. The molecular weight excluding hydrogens is 508 g/mol. The second-order valence-electron chi connectivity index (χ2n) is 12.1. The smallest absolute Gasteiger partial charge is 0.231 e. The first-order valence-electron chi connectivity index (χ1n) is 14.8. The Morgan fingerprint density at radius 2 is 1.85 bits per heavy atom. The van der Waals surface area contributed by atoms with E-state index in [2.05, 4.69) is 49.1 Å². The molecule has 0 spiro atoms. The second kappa shape index (κ2) is 10.9. The Balaban J connectivity index is 0.988. The van der Waals surface area contributed by atoms with Crippen LogP contribution in [0.4, 0.5) is 5.82 Å². The lowest BCUT2D eigenvalue weighted by Crippen LogP contribution is -2.57. The van der Waals surface area contributed by atoms with Crippen molar-refractivity contribution in [2.45, 2.75) is 39.0 Å². The molecular formula is C30H38N6O4. The third kappa shape index (κ3) is 5.09. The van der Waals surface area contributed by atoms with Gasteiger partial charge in [0.05, 0.1) is 5.92 Å². The summed E-state index contributed by atoms with van der Waals surface area (Å²) in [5.74, 6) is 4.64. The summed E-state index contributed by atoms with van der Waals surface area (Å²) in [6.07, 6.45) is 5.98. The summed E-state index contributed by atoms with van der Waals surface area (Å²) in [5, 5.41) is 7.73. The van der Waals surface area contributed by atoms with Gasteiger partial charge in [0, 0.05) is 45.8 Å². The molecule has 3 aromatic rings. The zero-order chi connectivity index (χ0) is 27.1. The molecule has 3 fully saturated rings. The number of amides is 1. The number of aromatic nitrogens is 3. The molecule has 212 valence electrons. The van der Waals surface area contributed by atoms with Crippen molar-refractivity contribution in [1.29, 1.82) is 0 Å². The molecule has 4 atom stereocenters. The van der Waals surface area contributed by atoms with E-state index in [-0.39, 0.29) is 5.92 Å². The number of likely N-dealkylation sites (tertiary alicyclic amines) is 1. The molecule has 40 heavy (non-hydrogen) atoms. The molecule has 2 saturated heterocycles. The van der Waals surface area contributed by atoms with Gasteiger partial charge < -0.3 is 24.2 Å². The van der Waals surface area contributed by atoms with E-state index in [4.69, 9.17) is 14.1 Å². The van der Waals surface area contributed by atoms with Crippen LogP contribution in [0.3, 0.4) is 0 Å². The fourth-order valence-electron chi connectivity index (χ4n) is 7.44. The first-order valence-corrected chi connectivity index (χ1v) is 14.8. The molecule has 1 aliphatic carbocycles. The minimum absolute atomic E-state index is 0.0963. The molecule has 3 aliphatic heterocycles. The Hall–Kier alpha value is -3.40. The SMILES string of the molecule is C[C@@H](Cc1ccc2c(c1)OCO2)CN1C[C@H]2CCCC[C@@H]2[C@H](C(=O)N2CCN(c3ccc4nonc4n3)CC2)C1. The van der Waals surface area contributed by atoms with E-state index in [1.165, 1.54) is 31.2 Å². The van der Waals surface area contributed by atoms with E-state index in [1.807, 2.05) is 18.2 Å². The summed E-state index contributed by atoms with van der Waals surface area (Å²) in [6.45, 7) is 8.64. The third-order valence-electron chi connectivity index (χ3n) is 9.36. The van der Waals surface area contributed by atoms with Crippen molar-refractivity contribution in [3.05, 3.63) is 35.9 Å². The number of pyridine rings is 1. The molecule has 0 unspecified atom stereocenters. The number of anilines is 1. The van der Waals surface area contributed by atoms with Gasteiger partial charge in [-0.3, -0.25) is 4.79 Å². The third-order valence-corrected chi connectivity index (χ3v) is 9.36. The summed E-state index contributed by atoms with van der Waals surface area (Å²) in [4.78, 5) is 25.6. The predicted octanol–water partition coefficient (Wildman–Crippen LogP) is 3.61. The van der Waals surface area contributed by atoms with Crippen LogP contribution in [-0.4, -0.2) is 83.6 Å². The van der Waals surface area contributed by atoms with Crippen molar-refractivity contribution >= 4 is 22.9 Å². The number of benzene rings is 1.